The molecule has 1 aromatic rings. The molecule has 2 saturated heterocycles. The fourth-order valence-electron chi connectivity index (χ4n) is 3.11. The Morgan fingerprint density at radius 2 is 2.04 bits per heavy atom. The molecular formula is C16H21ClN4O2. The van der Waals surface area contributed by atoms with Gasteiger partial charge in [0.1, 0.15) is 0 Å². The van der Waals surface area contributed by atoms with E-state index >= 15 is 0 Å². The maximum absolute atomic E-state index is 12.8. The van der Waals surface area contributed by atoms with Crippen LogP contribution in [0.5, 0.6) is 0 Å². The molecule has 6 nitrogen and oxygen atoms in total. The summed E-state index contributed by atoms with van der Waals surface area (Å²) in [7, 11) is 1.82. The Kier molecular flexibility index (Phi) is 4.73. The van der Waals surface area contributed by atoms with Gasteiger partial charge in [-0.25, -0.2) is 4.79 Å². The van der Waals surface area contributed by atoms with Gasteiger partial charge in [-0.1, -0.05) is 11.6 Å². The number of urea groups is 1. The molecule has 3 amide bonds. The number of nitrogens with one attached hydrogen (secondary N) is 2. The topological polar surface area (TPSA) is 64.7 Å². The van der Waals surface area contributed by atoms with Crippen LogP contribution in [0, 0.1) is 0 Å². The summed E-state index contributed by atoms with van der Waals surface area (Å²) in [5, 5.41) is 6.47. The first-order valence-corrected chi connectivity index (χ1v) is 8.28. The molecular weight excluding hydrogens is 316 g/mol. The maximum Gasteiger partial charge on any atom is 0.321 e. The van der Waals surface area contributed by atoms with Crippen LogP contribution in [0.1, 0.15) is 23.2 Å². The first kappa shape index (κ1) is 16.1. The smallest absolute Gasteiger partial charge is 0.321 e. The van der Waals surface area contributed by atoms with E-state index < -0.39 is 0 Å². The zero-order valence-electron chi connectivity index (χ0n) is 13.1. The summed E-state index contributed by atoms with van der Waals surface area (Å²) in [4.78, 5) is 28.0. The minimum atomic E-state index is -0.141. The summed E-state index contributed by atoms with van der Waals surface area (Å²) in [6.45, 7) is 3.05. The molecule has 2 aliphatic heterocycles. The molecule has 0 atom stereocenters. The molecule has 7 heteroatoms. The second-order valence-electron chi connectivity index (χ2n) is 5.94. The lowest BCUT2D eigenvalue weighted by Crippen LogP contribution is -2.44. The number of hydrogen-bond donors (Lipinski definition) is 2. The van der Waals surface area contributed by atoms with Crippen molar-refractivity contribution in [2.75, 3.05) is 38.1 Å². The molecule has 0 aliphatic carbocycles. The fourth-order valence-corrected chi connectivity index (χ4v) is 3.31. The Morgan fingerprint density at radius 3 is 2.70 bits per heavy atom. The lowest BCUT2D eigenvalue weighted by molar-refractivity contribution is 0.0703. The number of carbonyl (C=O) groups excluding carboxylic acids is 2. The molecule has 3 rings (SSSR count). The predicted octanol–water partition coefficient (Wildman–Crippen LogP) is 1.69. The standard InChI is InChI=1S/C16H21ClN4O2/c1-20(11-4-6-18-7-5-11)15(22)13-10-12(2-3-14(13)17)21-9-8-19-16(21)23/h2-3,10-11,18H,4-9H2,1H3,(H,19,23). The molecule has 2 fully saturated rings. The first-order chi connectivity index (χ1) is 11.1. The van der Waals surface area contributed by atoms with E-state index in [1.807, 2.05) is 7.05 Å². The van der Waals surface area contributed by atoms with Gasteiger partial charge >= 0.3 is 6.03 Å². The molecule has 0 radical (unpaired) electrons. The molecule has 124 valence electrons. The molecule has 2 N–H and O–H groups in total. The lowest BCUT2D eigenvalue weighted by atomic mass is 10.0. The number of amides is 3. The van der Waals surface area contributed by atoms with Gasteiger partial charge in [0, 0.05) is 31.9 Å². The molecule has 0 aromatic heterocycles. The van der Waals surface area contributed by atoms with Crippen molar-refractivity contribution in [1.29, 1.82) is 0 Å². The van der Waals surface area contributed by atoms with E-state index in [4.69, 9.17) is 11.6 Å². The van der Waals surface area contributed by atoms with Crippen molar-refractivity contribution < 1.29 is 9.59 Å². The summed E-state index contributed by atoms with van der Waals surface area (Å²) >= 11 is 6.24. The van der Waals surface area contributed by atoms with Gasteiger partial charge in [0.25, 0.3) is 5.91 Å². The largest absolute Gasteiger partial charge is 0.339 e. The van der Waals surface area contributed by atoms with Crippen LogP contribution in [0.15, 0.2) is 18.2 Å². The van der Waals surface area contributed by atoms with Crippen molar-refractivity contribution in [1.82, 2.24) is 15.5 Å². The zero-order valence-corrected chi connectivity index (χ0v) is 13.9. The van der Waals surface area contributed by atoms with E-state index in [1.54, 1.807) is 28.0 Å². The molecule has 0 spiro atoms. The third kappa shape index (κ3) is 3.28. The summed E-state index contributed by atoms with van der Waals surface area (Å²) in [5.74, 6) is -0.0941. The minimum absolute atomic E-state index is 0.0941. The van der Waals surface area contributed by atoms with Crippen molar-refractivity contribution >= 4 is 29.2 Å². The highest BCUT2D eigenvalue weighted by atomic mass is 35.5. The van der Waals surface area contributed by atoms with Crippen LogP contribution in [0.3, 0.4) is 0 Å². The highest BCUT2D eigenvalue weighted by Crippen LogP contribution is 2.26. The van der Waals surface area contributed by atoms with E-state index in [2.05, 4.69) is 10.6 Å². The van der Waals surface area contributed by atoms with Crippen molar-refractivity contribution in [3.8, 4) is 0 Å². The SMILES string of the molecule is CN(C(=O)c1cc(N2CCNC2=O)ccc1Cl)C1CCNCC1. The van der Waals surface area contributed by atoms with E-state index in [9.17, 15) is 9.59 Å². The number of halogens is 1. The fraction of sp³-hybridized carbons (Fsp3) is 0.500. The van der Waals surface area contributed by atoms with Crippen LogP contribution < -0.4 is 15.5 Å². The normalized spacial score (nSPS) is 18.9. The lowest BCUT2D eigenvalue weighted by Gasteiger charge is -2.32. The number of nitrogens with zero attached hydrogens (tertiary/aromatic N) is 2. The van der Waals surface area contributed by atoms with Gasteiger partial charge in [0.05, 0.1) is 10.6 Å². The number of anilines is 1. The van der Waals surface area contributed by atoms with Crippen LogP contribution >= 0.6 is 11.6 Å². The average molecular weight is 337 g/mol. The van der Waals surface area contributed by atoms with Gasteiger partial charge in [-0.2, -0.15) is 0 Å². The Balaban J connectivity index is 1.83. The van der Waals surface area contributed by atoms with Crippen LogP contribution in [0.4, 0.5) is 10.5 Å². The van der Waals surface area contributed by atoms with Gasteiger partial charge in [-0.05, 0) is 44.1 Å². The Hall–Kier alpha value is -1.79. The van der Waals surface area contributed by atoms with Gasteiger partial charge in [0.2, 0.25) is 0 Å². The summed E-state index contributed by atoms with van der Waals surface area (Å²) in [6, 6.07) is 5.25. The monoisotopic (exact) mass is 336 g/mol. The molecule has 2 heterocycles. The second-order valence-corrected chi connectivity index (χ2v) is 6.35. The highest BCUT2D eigenvalue weighted by Gasteiger charge is 2.26. The molecule has 2 aliphatic rings. The van der Waals surface area contributed by atoms with Crippen molar-refractivity contribution in [2.24, 2.45) is 0 Å². The average Bonchev–Trinajstić information content (AvgIpc) is 3.01. The zero-order chi connectivity index (χ0) is 16.4. The van der Waals surface area contributed by atoms with Crippen molar-refractivity contribution in [3.05, 3.63) is 28.8 Å². The van der Waals surface area contributed by atoms with E-state index in [-0.39, 0.29) is 18.0 Å². The van der Waals surface area contributed by atoms with Gasteiger partial charge in [-0.3, -0.25) is 9.69 Å². The third-order valence-corrected chi connectivity index (χ3v) is 4.86. The van der Waals surface area contributed by atoms with Crippen LogP contribution in [-0.2, 0) is 0 Å². The Morgan fingerprint density at radius 1 is 1.30 bits per heavy atom. The van der Waals surface area contributed by atoms with E-state index in [0.717, 1.165) is 25.9 Å². The van der Waals surface area contributed by atoms with E-state index in [0.29, 0.717) is 29.4 Å². The molecule has 0 unspecified atom stereocenters. The van der Waals surface area contributed by atoms with Gasteiger partial charge < -0.3 is 15.5 Å². The molecule has 23 heavy (non-hydrogen) atoms. The number of piperidine rings is 1. The Bertz CT molecular complexity index is 616. The maximum atomic E-state index is 12.8. The Labute approximate surface area is 140 Å². The minimum Gasteiger partial charge on any atom is -0.339 e. The highest BCUT2D eigenvalue weighted by molar-refractivity contribution is 6.34. The number of hydrogen-bond acceptors (Lipinski definition) is 3. The van der Waals surface area contributed by atoms with Gasteiger partial charge in [-0.15, -0.1) is 0 Å². The summed E-state index contributed by atoms with van der Waals surface area (Å²) in [6.07, 6.45) is 1.88. The number of rotatable bonds is 3. The van der Waals surface area contributed by atoms with Crippen LogP contribution in [0.25, 0.3) is 0 Å². The summed E-state index contributed by atoms with van der Waals surface area (Å²) < 4.78 is 0. The first-order valence-electron chi connectivity index (χ1n) is 7.90. The molecule has 1 aromatic carbocycles. The molecule has 0 saturated carbocycles. The van der Waals surface area contributed by atoms with Crippen molar-refractivity contribution in [2.45, 2.75) is 18.9 Å². The number of carbonyl (C=O) groups is 2. The number of benzene rings is 1. The third-order valence-electron chi connectivity index (χ3n) is 4.53. The predicted molar refractivity (Wildman–Crippen MR) is 90.2 cm³/mol. The second kappa shape index (κ2) is 6.76. The van der Waals surface area contributed by atoms with Gasteiger partial charge in [0.15, 0.2) is 0 Å². The quantitative estimate of drug-likeness (QED) is 0.883. The molecule has 0 bridgehead atoms. The summed E-state index contributed by atoms with van der Waals surface area (Å²) in [5.41, 5.74) is 1.15. The van der Waals surface area contributed by atoms with Crippen LogP contribution in [-0.4, -0.2) is 56.1 Å². The van der Waals surface area contributed by atoms with E-state index in [1.165, 1.54) is 0 Å². The van der Waals surface area contributed by atoms with Crippen LogP contribution in [0.2, 0.25) is 5.02 Å². The van der Waals surface area contributed by atoms with Crippen molar-refractivity contribution in [3.63, 3.8) is 0 Å².